The second kappa shape index (κ2) is 4.20. The fourth-order valence-corrected chi connectivity index (χ4v) is 2.22. The number of aromatic nitrogens is 1. The standard InChI is InChI=1S/C10H9BrN2OS/c1-14-9-3-2-6(11)4-7(9)8-5-15-10(12)13-8/h2-5H,1H3,(H2,12,13). The van der Waals surface area contributed by atoms with Crippen molar-refractivity contribution in [2.24, 2.45) is 0 Å². The first-order chi connectivity index (χ1) is 7.20. The summed E-state index contributed by atoms with van der Waals surface area (Å²) in [5.41, 5.74) is 7.39. The molecule has 0 fully saturated rings. The molecule has 3 nitrogen and oxygen atoms in total. The first-order valence-corrected chi connectivity index (χ1v) is 5.93. The van der Waals surface area contributed by atoms with E-state index in [-0.39, 0.29) is 0 Å². The smallest absolute Gasteiger partial charge is 0.180 e. The van der Waals surface area contributed by atoms with Crippen LogP contribution in [0.5, 0.6) is 5.75 Å². The summed E-state index contributed by atoms with van der Waals surface area (Å²) in [6, 6.07) is 5.79. The Morgan fingerprint density at radius 1 is 1.47 bits per heavy atom. The summed E-state index contributed by atoms with van der Waals surface area (Å²) in [6.07, 6.45) is 0. The monoisotopic (exact) mass is 284 g/mol. The van der Waals surface area contributed by atoms with Crippen LogP contribution < -0.4 is 10.5 Å². The summed E-state index contributed by atoms with van der Waals surface area (Å²) < 4.78 is 6.26. The van der Waals surface area contributed by atoms with Crippen LogP contribution >= 0.6 is 27.3 Å². The van der Waals surface area contributed by atoms with Gasteiger partial charge in [-0.15, -0.1) is 11.3 Å². The maximum Gasteiger partial charge on any atom is 0.180 e. The van der Waals surface area contributed by atoms with Crippen LogP contribution in [0.4, 0.5) is 5.13 Å². The Balaban J connectivity index is 2.55. The molecule has 2 aromatic rings. The molecule has 0 amide bonds. The normalized spacial score (nSPS) is 10.3. The number of halogens is 1. The molecule has 0 unspecified atom stereocenters. The van der Waals surface area contributed by atoms with Crippen molar-refractivity contribution >= 4 is 32.4 Å². The number of nitrogens with zero attached hydrogens (tertiary/aromatic N) is 1. The molecule has 0 aliphatic heterocycles. The van der Waals surface area contributed by atoms with E-state index in [2.05, 4.69) is 20.9 Å². The Morgan fingerprint density at radius 2 is 2.27 bits per heavy atom. The highest BCUT2D eigenvalue weighted by atomic mass is 79.9. The maximum atomic E-state index is 5.60. The van der Waals surface area contributed by atoms with Gasteiger partial charge in [0.2, 0.25) is 0 Å². The Labute approximate surface area is 100 Å². The molecule has 2 N–H and O–H groups in total. The summed E-state index contributed by atoms with van der Waals surface area (Å²) in [5, 5.41) is 2.48. The highest BCUT2D eigenvalue weighted by Crippen LogP contribution is 2.33. The van der Waals surface area contributed by atoms with Crippen molar-refractivity contribution in [2.75, 3.05) is 12.8 Å². The number of benzene rings is 1. The van der Waals surface area contributed by atoms with Crippen LogP contribution in [0.3, 0.4) is 0 Å². The topological polar surface area (TPSA) is 48.1 Å². The van der Waals surface area contributed by atoms with E-state index in [1.807, 2.05) is 23.6 Å². The van der Waals surface area contributed by atoms with Crippen molar-refractivity contribution in [3.63, 3.8) is 0 Å². The van der Waals surface area contributed by atoms with Gasteiger partial charge in [-0.1, -0.05) is 15.9 Å². The molecule has 0 atom stereocenters. The lowest BCUT2D eigenvalue weighted by atomic mass is 10.1. The third-order valence-electron chi connectivity index (χ3n) is 1.96. The molecule has 78 valence electrons. The summed E-state index contributed by atoms with van der Waals surface area (Å²) in [4.78, 5) is 4.23. The second-order valence-electron chi connectivity index (χ2n) is 2.92. The fraction of sp³-hybridized carbons (Fsp3) is 0.100. The van der Waals surface area contributed by atoms with Crippen LogP contribution in [-0.2, 0) is 0 Å². The van der Waals surface area contributed by atoms with E-state index in [9.17, 15) is 0 Å². The van der Waals surface area contributed by atoms with E-state index in [4.69, 9.17) is 10.5 Å². The zero-order valence-corrected chi connectivity index (χ0v) is 10.4. The minimum absolute atomic E-state index is 0.562. The number of ether oxygens (including phenoxy) is 1. The molecular weight excluding hydrogens is 276 g/mol. The Bertz CT molecular complexity index is 484. The molecule has 0 saturated carbocycles. The van der Waals surface area contributed by atoms with Crippen molar-refractivity contribution in [2.45, 2.75) is 0 Å². The third kappa shape index (κ3) is 2.13. The van der Waals surface area contributed by atoms with Crippen LogP contribution in [0.25, 0.3) is 11.3 Å². The summed E-state index contributed by atoms with van der Waals surface area (Å²) in [7, 11) is 1.64. The molecule has 1 aromatic carbocycles. The zero-order valence-electron chi connectivity index (χ0n) is 8.03. The molecule has 2 rings (SSSR count). The average Bonchev–Trinajstić information content (AvgIpc) is 2.65. The van der Waals surface area contributed by atoms with Crippen molar-refractivity contribution in [1.29, 1.82) is 0 Å². The largest absolute Gasteiger partial charge is 0.496 e. The summed E-state index contributed by atoms with van der Waals surface area (Å²) in [6.45, 7) is 0. The lowest BCUT2D eigenvalue weighted by molar-refractivity contribution is 0.416. The van der Waals surface area contributed by atoms with Gasteiger partial charge in [0.05, 0.1) is 12.8 Å². The molecule has 5 heteroatoms. The molecular formula is C10H9BrN2OS. The van der Waals surface area contributed by atoms with Gasteiger partial charge in [-0.25, -0.2) is 4.98 Å². The average molecular weight is 285 g/mol. The fourth-order valence-electron chi connectivity index (χ4n) is 1.29. The van der Waals surface area contributed by atoms with Crippen LogP contribution in [0, 0.1) is 0 Å². The van der Waals surface area contributed by atoms with Crippen molar-refractivity contribution in [3.05, 3.63) is 28.1 Å². The minimum atomic E-state index is 0.562. The number of nitrogen functional groups attached to an aromatic ring is 1. The first kappa shape index (κ1) is 10.4. The molecule has 0 aliphatic rings. The van der Waals surface area contributed by atoms with E-state index in [1.165, 1.54) is 11.3 Å². The molecule has 0 saturated heterocycles. The summed E-state index contributed by atoms with van der Waals surface area (Å²) in [5.74, 6) is 0.795. The van der Waals surface area contributed by atoms with Gasteiger partial charge in [0.25, 0.3) is 0 Å². The van der Waals surface area contributed by atoms with E-state index >= 15 is 0 Å². The van der Waals surface area contributed by atoms with Crippen LogP contribution in [0.2, 0.25) is 0 Å². The highest BCUT2D eigenvalue weighted by Gasteiger charge is 2.09. The molecule has 0 radical (unpaired) electrons. The number of rotatable bonds is 2. The number of nitrogens with two attached hydrogens (primary N) is 1. The van der Waals surface area contributed by atoms with Gasteiger partial charge < -0.3 is 10.5 Å². The van der Waals surface area contributed by atoms with Gasteiger partial charge >= 0.3 is 0 Å². The van der Waals surface area contributed by atoms with Crippen molar-refractivity contribution < 1.29 is 4.74 Å². The maximum absolute atomic E-state index is 5.60. The Morgan fingerprint density at radius 3 is 2.87 bits per heavy atom. The van der Waals surface area contributed by atoms with Crippen molar-refractivity contribution in [1.82, 2.24) is 4.98 Å². The van der Waals surface area contributed by atoms with Crippen LogP contribution in [0.15, 0.2) is 28.1 Å². The number of hydrogen-bond donors (Lipinski definition) is 1. The van der Waals surface area contributed by atoms with Gasteiger partial charge in [0.1, 0.15) is 5.75 Å². The Kier molecular flexibility index (Phi) is 2.93. The van der Waals surface area contributed by atoms with Gasteiger partial charge in [0.15, 0.2) is 5.13 Å². The molecule has 1 heterocycles. The first-order valence-electron chi connectivity index (χ1n) is 4.25. The number of thiazole rings is 1. The zero-order chi connectivity index (χ0) is 10.8. The predicted octanol–water partition coefficient (Wildman–Crippen LogP) is 3.16. The van der Waals surface area contributed by atoms with Crippen LogP contribution in [0.1, 0.15) is 0 Å². The Hall–Kier alpha value is -1.07. The minimum Gasteiger partial charge on any atom is -0.496 e. The SMILES string of the molecule is COc1ccc(Br)cc1-c1csc(N)n1. The third-order valence-corrected chi connectivity index (χ3v) is 3.13. The highest BCUT2D eigenvalue weighted by molar-refractivity contribution is 9.10. The predicted molar refractivity (Wildman–Crippen MR) is 66.2 cm³/mol. The lowest BCUT2D eigenvalue weighted by Crippen LogP contribution is -1.89. The van der Waals surface area contributed by atoms with E-state index in [0.717, 1.165) is 21.5 Å². The number of anilines is 1. The molecule has 0 spiro atoms. The molecule has 0 bridgehead atoms. The number of methoxy groups -OCH3 is 1. The molecule has 1 aromatic heterocycles. The van der Waals surface area contributed by atoms with E-state index < -0.39 is 0 Å². The molecule has 15 heavy (non-hydrogen) atoms. The molecule has 0 aliphatic carbocycles. The van der Waals surface area contributed by atoms with Crippen LogP contribution in [-0.4, -0.2) is 12.1 Å². The van der Waals surface area contributed by atoms with Gasteiger partial charge in [0, 0.05) is 15.4 Å². The van der Waals surface area contributed by atoms with Gasteiger partial charge in [-0.3, -0.25) is 0 Å². The lowest BCUT2D eigenvalue weighted by Gasteiger charge is -2.06. The number of hydrogen-bond acceptors (Lipinski definition) is 4. The van der Waals surface area contributed by atoms with E-state index in [1.54, 1.807) is 7.11 Å². The van der Waals surface area contributed by atoms with E-state index in [0.29, 0.717) is 5.13 Å². The summed E-state index contributed by atoms with van der Waals surface area (Å²) >= 11 is 4.84. The quantitative estimate of drug-likeness (QED) is 0.922. The van der Waals surface area contributed by atoms with Gasteiger partial charge in [-0.05, 0) is 18.2 Å². The van der Waals surface area contributed by atoms with Gasteiger partial charge in [-0.2, -0.15) is 0 Å². The van der Waals surface area contributed by atoms with Crippen molar-refractivity contribution in [3.8, 4) is 17.0 Å². The second-order valence-corrected chi connectivity index (χ2v) is 4.72.